The number of ether oxygens (including phenoxy) is 2. The van der Waals surface area contributed by atoms with Crippen molar-refractivity contribution in [3.63, 3.8) is 0 Å². The minimum Gasteiger partial charge on any atom is -0.457 e. The number of benzene rings is 2. The maximum absolute atomic E-state index is 13.2. The van der Waals surface area contributed by atoms with Gasteiger partial charge in [-0.25, -0.2) is 9.59 Å². The fraction of sp³-hybridized carbons (Fsp3) is 0.397. The third kappa shape index (κ3) is 11.3. The Labute approximate surface area is 411 Å². The van der Waals surface area contributed by atoms with E-state index >= 15 is 0 Å². The van der Waals surface area contributed by atoms with Crippen molar-refractivity contribution >= 4 is 11.9 Å². The fourth-order valence-corrected chi connectivity index (χ4v) is 10.7. The van der Waals surface area contributed by atoms with Crippen LogP contribution in [0.2, 0.25) is 0 Å². The van der Waals surface area contributed by atoms with Gasteiger partial charge >= 0.3 is 11.9 Å². The molecule has 0 N–H and O–H groups in total. The summed E-state index contributed by atoms with van der Waals surface area (Å²) >= 11 is 0. The Morgan fingerprint density at radius 1 is 0.435 bits per heavy atom. The summed E-state index contributed by atoms with van der Waals surface area (Å²) in [6, 6.07) is 21.7. The Morgan fingerprint density at radius 3 is 1.09 bits per heavy atom. The van der Waals surface area contributed by atoms with Gasteiger partial charge in [0.05, 0.1) is 0 Å². The number of hydrogen-bond donors (Lipinski definition) is 0. The number of hydrogen-bond acceptors (Lipinski definition) is 4. The van der Waals surface area contributed by atoms with Crippen molar-refractivity contribution in [1.29, 1.82) is 0 Å². The normalized spacial score (nSPS) is 16.2. The molecule has 8 rings (SSSR count). The summed E-state index contributed by atoms with van der Waals surface area (Å²) in [5.74, 6) is -0.421. The molecule has 0 aliphatic heterocycles. The number of esters is 2. The summed E-state index contributed by atoms with van der Waals surface area (Å²) in [7, 11) is 0. The van der Waals surface area contributed by atoms with Crippen molar-refractivity contribution in [3.8, 4) is 0 Å². The first kappa shape index (κ1) is 49.1. The highest BCUT2D eigenvalue weighted by molar-refractivity contribution is 5.91. The summed E-state index contributed by atoms with van der Waals surface area (Å²) in [5, 5.41) is 0. The molecular formula is C63H72N2O4+2. The van der Waals surface area contributed by atoms with Crippen molar-refractivity contribution in [3.05, 3.63) is 206 Å². The maximum atomic E-state index is 13.2. The zero-order valence-electron chi connectivity index (χ0n) is 43.5. The Morgan fingerprint density at radius 2 is 0.739 bits per heavy atom. The lowest BCUT2D eigenvalue weighted by molar-refractivity contribution is -0.700. The second-order valence-electron chi connectivity index (χ2n) is 20.9. The minimum atomic E-state index is -0.210. The number of aryl methyl sites for hydroxylation is 2. The van der Waals surface area contributed by atoms with Crippen LogP contribution in [0.3, 0.4) is 0 Å². The van der Waals surface area contributed by atoms with E-state index in [0.717, 1.165) is 91.5 Å². The van der Waals surface area contributed by atoms with Gasteiger partial charge in [-0.1, -0.05) is 82.0 Å². The molecule has 6 heteroatoms. The van der Waals surface area contributed by atoms with E-state index in [1.807, 2.05) is 13.8 Å². The Balaban J connectivity index is 0.844. The SMILES string of the molecule is CC1=C(C)CC(=C=C2CC(C)=C(C(=O)OCc3ccc(C[n+]4c(C)cc(Cc5cc(C)[n+](Cc6ccc(COC(=O)C7=C(C)CC(=C=C8CC(C)=C(C)C8)C7)cc6)c(C)c5C)c(C)c4C)cc3)C2)C1. The molecular weight excluding hydrogens is 849 g/mol. The number of pyridine rings is 2. The summed E-state index contributed by atoms with van der Waals surface area (Å²) in [6.07, 6.45) is 7.76. The van der Waals surface area contributed by atoms with E-state index < -0.39 is 0 Å². The van der Waals surface area contributed by atoms with Crippen molar-refractivity contribution in [2.45, 2.75) is 167 Å². The smallest absolute Gasteiger partial charge is 0.334 e. The summed E-state index contributed by atoms with van der Waals surface area (Å²) in [4.78, 5) is 26.3. The Kier molecular flexibility index (Phi) is 14.8. The van der Waals surface area contributed by atoms with Gasteiger partial charge < -0.3 is 9.47 Å². The highest BCUT2D eigenvalue weighted by atomic mass is 16.5. The summed E-state index contributed by atoms with van der Waals surface area (Å²) in [6.45, 7) is 28.4. The molecule has 356 valence electrons. The quantitative estimate of drug-likeness (QED) is 0.0615. The molecule has 0 radical (unpaired) electrons. The van der Waals surface area contributed by atoms with Crippen LogP contribution in [0.5, 0.6) is 0 Å². The topological polar surface area (TPSA) is 60.4 Å². The molecule has 0 saturated heterocycles. The van der Waals surface area contributed by atoms with Crippen LogP contribution in [0.15, 0.2) is 139 Å². The van der Waals surface area contributed by atoms with Gasteiger partial charge in [0.25, 0.3) is 0 Å². The van der Waals surface area contributed by atoms with Crippen LogP contribution in [0, 0.1) is 41.5 Å². The third-order valence-electron chi connectivity index (χ3n) is 15.7. The van der Waals surface area contributed by atoms with E-state index in [1.54, 1.807) is 0 Å². The average molecular weight is 921 g/mol. The molecule has 2 aromatic heterocycles. The molecule has 69 heavy (non-hydrogen) atoms. The van der Waals surface area contributed by atoms with Crippen LogP contribution >= 0.6 is 0 Å². The Hall–Kier alpha value is -6.32. The Bertz CT molecular complexity index is 2820. The molecule has 4 aliphatic carbocycles. The second-order valence-corrected chi connectivity index (χ2v) is 20.9. The van der Waals surface area contributed by atoms with E-state index in [1.165, 1.54) is 101 Å². The van der Waals surface area contributed by atoms with Crippen molar-refractivity contribution in [2.75, 3.05) is 0 Å². The van der Waals surface area contributed by atoms with Gasteiger partial charge in [0.2, 0.25) is 0 Å². The van der Waals surface area contributed by atoms with E-state index in [4.69, 9.17) is 9.47 Å². The van der Waals surface area contributed by atoms with E-state index in [-0.39, 0.29) is 25.2 Å². The zero-order valence-corrected chi connectivity index (χ0v) is 43.5. The summed E-state index contributed by atoms with van der Waals surface area (Å²) < 4.78 is 16.5. The number of carbonyl (C=O) groups excluding carboxylic acids is 2. The van der Waals surface area contributed by atoms with Gasteiger partial charge in [-0.05, 0) is 145 Å². The minimum absolute atomic E-state index is 0.210. The molecule has 2 aromatic carbocycles. The second kappa shape index (κ2) is 20.7. The molecule has 4 aromatic rings. The molecule has 2 heterocycles. The molecule has 0 amide bonds. The lowest BCUT2D eigenvalue weighted by Gasteiger charge is -2.15. The van der Waals surface area contributed by atoms with Crippen LogP contribution in [0.25, 0.3) is 0 Å². The van der Waals surface area contributed by atoms with E-state index in [0.29, 0.717) is 12.8 Å². The monoisotopic (exact) mass is 921 g/mol. The fourth-order valence-electron chi connectivity index (χ4n) is 10.7. The lowest BCUT2D eigenvalue weighted by atomic mass is 9.95. The van der Waals surface area contributed by atoms with Gasteiger partial charge in [-0.15, -0.1) is 11.5 Å². The van der Waals surface area contributed by atoms with Crippen molar-refractivity contribution in [1.82, 2.24) is 0 Å². The predicted octanol–water partition coefficient (Wildman–Crippen LogP) is 13.3. The molecule has 0 unspecified atom stereocenters. The first-order valence-corrected chi connectivity index (χ1v) is 25.0. The number of aromatic nitrogens is 2. The van der Waals surface area contributed by atoms with E-state index in [2.05, 4.69) is 150 Å². The standard InChI is InChI=1S/C63H72N2O4/c1-38-21-54(22-39(38)2)29-56-25-42(5)60(31-56)62(66)68-36-52-17-13-50(14-18-52)34-64-44(7)27-58(46(9)48(64)11)33-59-28-45(8)65(49(12)47(59)10)35-51-15-19-53(20-16-51)37-69-63(67)61-32-57(26-43(61)6)30-55-23-40(3)41(4)24-55/h13-20,27-28H,21-26,31-37H2,1-12H3/q+2. The van der Waals surface area contributed by atoms with Crippen LogP contribution in [-0.4, -0.2) is 11.9 Å². The van der Waals surface area contributed by atoms with Gasteiger partial charge in [-0.2, -0.15) is 9.13 Å². The highest BCUT2D eigenvalue weighted by Crippen LogP contribution is 2.36. The van der Waals surface area contributed by atoms with Crippen molar-refractivity contribution in [2.24, 2.45) is 0 Å². The molecule has 6 nitrogen and oxygen atoms in total. The molecule has 0 spiro atoms. The first-order chi connectivity index (χ1) is 32.9. The molecule has 0 fully saturated rings. The van der Waals surface area contributed by atoms with Gasteiger partial charge in [-0.3, -0.25) is 0 Å². The van der Waals surface area contributed by atoms with Gasteiger partial charge in [0.15, 0.2) is 35.9 Å². The molecule has 0 saturated carbocycles. The third-order valence-corrected chi connectivity index (χ3v) is 15.7. The van der Waals surface area contributed by atoms with Crippen LogP contribution in [0.1, 0.15) is 160 Å². The van der Waals surface area contributed by atoms with Crippen LogP contribution in [0.4, 0.5) is 0 Å². The van der Waals surface area contributed by atoms with Gasteiger partial charge in [0.1, 0.15) is 13.2 Å². The number of allylic oxidation sites excluding steroid dienone is 8. The highest BCUT2D eigenvalue weighted by Gasteiger charge is 2.27. The largest absolute Gasteiger partial charge is 0.457 e. The molecule has 4 aliphatic rings. The van der Waals surface area contributed by atoms with Crippen LogP contribution < -0.4 is 9.13 Å². The molecule has 0 bridgehead atoms. The van der Waals surface area contributed by atoms with Gasteiger partial charge in [0, 0.05) is 86.1 Å². The average Bonchev–Trinajstić information content (AvgIpc) is 4.06. The lowest BCUT2D eigenvalue weighted by Crippen LogP contribution is -2.42. The first-order valence-electron chi connectivity index (χ1n) is 25.0. The van der Waals surface area contributed by atoms with Crippen LogP contribution in [-0.2, 0) is 51.8 Å². The molecule has 0 atom stereocenters. The number of nitrogens with zero attached hydrogens (tertiary/aromatic N) is 2. The number of carbonyl (C=O) groups is 2. The van der Waals surface area contributed by atoms with E-state index in [9.17, 15) is 9.59 Å². The number of rotatable bonds is 12. The predicted molar refractivity (Wildman–Crippen MR) is 275 cm³/mol. The zero-order chi connectivity index (χ0) is 49.3. The van der Waals surface area contributed by atoms with Crippen molar-refractivity contribution < 1.29 is 28.2 Å². The maximum Gasteiger partial charge on any atom is 0.334 e. The summed E-state index contributed by atoms with van der Waals surface area (Å²) in [5.41, 5.74) is 36.6.